The summed E-state index contributed by atoms with van der Waals surface area (Å²) in [4.78, 5) is 14.3. The van der Waals surface area contributed by atoms with Gasteiger partial charge in [0.1, 0.15) is 11.6 Å². The second-order valence-electron chi connectivity index (χ2n) is 4.89. The van der Waals surface area contributed by atoms with Crippen molar-refractivity contribution in [2.45, 2.75) is 20.8 Å². The minimum atomic E-state index is -0.378. The first kappa shape index (κ1) is 15.0. The molecule has 0 bridgehead atoms. The van der Waals surface area contributed by atoms with E-state index in [-0.39, 0.29) is 11.5 Å². The molecule has 0 radical (unpaired) electrons. The monoisotopic (exact) mass is 296 g/mol. The number of thiophene rings is 1. The van der Waals surface area contributed by atoms with E-state index in [2.05, 4.69) is 5.32 Å². The van der Waals surface area contributed by atoms with E-state index >= 15 is 0 Å². The lowest BCUT2D eigenvalue weighted by Gasteiger charge is -2.08. The number of nitrogens with one attached hydrogen (secondary N) is 1. The quantitative estimate of drug-likeness (QED) is 0.681. The van der Waals surface area contributed by atoms with Gasteiger partial charge >= 0.3 is 0 Å². The molecule has 0 spiro atoms. The first-order valence-electron chi connectivity index (χ1n) is 6.56. The predicted octanol–water partition coefficient (Wildman–Crippen LogP) is 4.22. The number of rotatable bonds is 3. The molecule has 0 aliphatic heterocycles. The van der Waals surface area contributed by atoms with E-state index in [1.165, 1.54) is 0 Å². The highest BCUT2D eigenvalue weighted by atomic mass is 32.1. The SMILES string of the molecule is Cc1ccc(C)c(NC(=O)/C(C#N)=C/c2ccc(C)s2)c1. The average Bonchev–Trinajstić information content (AvgIpc) is 2.85. The van der Waals surface area contributed by atoms with E-state index < -0.39 is 0 Å². The molecule has 21 heavy (non-hydrogen) atoms. The van der Waals surface area contributed by atoms with Gasteiger partial charge in [0.25, 0.3) is 5.91 Å². The van der Waals surface area contributed by atoms with Gasteiger partial charge in [-0.15, -0.1) is 11.3 Å². The minimum Gasteiger partial charge on any atom is -0.321 e. The molecule has 2 aromatic rings. The van der Waals surface area contributed by atoms with Crippen LogP contribution in [0.5, 0.6) is 0 Å². The van der Waals surface area contributed by atoms with Gasteiger partial charge < -0.3 is 5.32 Å². The highest BCUT2D eigenvalue weighted by molar-refractivity contribution is 7.12. The summed E-state index contributed by atoms with van der Waals surface area (Å²) in [5.41, 5.74) is 2.88. The van der Waals surface area contributed by atoms with Gasteiger partial charge in [0.05, 0.1) is 0 Å². The summed E-state index contributed by atoms with van der Waals surface area (Å²) in [6.45, 7) is 5.88. The van der Waals surface area contributed by atoms with Crippen molar-refractivity contribution in [3.63, 3.8) is 0 Å². The van der Waals surface area contributed by atoms with Gasteiger partial charge in [0, 0.05) is 15.4 Å². The van der Waals surface area contributed by atoms with Gasteiger partial charge in [-0.3, -0.25) is 4.79 Å². The van der Waals surface area contributed by atoms with Crippen LogP contribution in [0.15, 0.2) is 35.9 Å². The molecule has 106 valence electrons. The Labute approximate surface area is 128 Å². The number of anilines is 1. The van der Waals surface area contributed by atoms with Gasteiger partial charge in [0.2, 0.25) is 0 Å². The maximum absolute atomic E-state index is 12.2. The third kappa shape index (κ3) is 3.80. The summed E-state index contributed by atoms with van der Waals surface area (Å²) >= 11 is 1.55. The third-order valence-corrected chi connectivity index (χ3v) is 4.00. The fourth-order valence-electron chi connectivity index (χ4n) is 1.88. The van der Waals surface area contributed by atoms with Crippen LogP contribution in [0.4, 0.5) is 5.69 Å². The van der Waals surface area contributed by atoms with Gasteiger partial charge in [0.15, 0.2) is 0 Å². The maximum atomic E-state index is 12.2. The van der Waals surface area contributed by atoms with E-state index in [4.69, 9.17) is 0 Å². The summed E-state index contributed by atoms with van der Waals surface area (Å²) < 4.78 is 0. The number of nitriles is 1. The van der Waals surface area contributed by atoms with Crippen LogP contribution in [-0.4, -0.2) is 5.91 Å². The zero-order valence-corrected chi connectivity index (χ0v) is 13.0. The van der Waals surface area contributed by atoms with Crippen LogP contribution >= 0.6 is 11.3 Å². The lowest BCUT2D eigenvalue weighted by atomic mass is 10.1. The number of aryl methyl sites for hydroxylation is 3. The summed E-state index contributed by atoms with van der Waals surface area (Å²) in [7, 11) is 0. The maximum Gasteiger partial charge on any atom is 0.266 e. The molecule has 1 N–H and O–H groups in total. The zero-order chi connectivity index (χ0) is 15.4. The van der Waals surface area contributed by atoms with Crippen molar-refractivity contribution in [2.24, 2.45) is 0 Å². The van der Waals surface area contributed by atoms with Crippen LogP contribution in [0, 0.1) is 32.1 Å². The number of hydrogen-bond donors (Lipinski definition) is 1. The Hall–Kier alpha value is -2.38. The van der Waals surface area contributed by atoms with Gasteiger partial charge in [-0.25, -0.2) is 0 Å². The van der Waals surface area contributed by atoms with E-state index in [0.29, 0.717) is 0 Å². The summed E-state index contributed by atoms with van der Waals surface area (Å²) in [6.07, 6.45) is 1.62. The Morgan fingerprint density at radius 2 is 2.00 bits per heavy atom. The van der Waals surface area contributed by atoms with Crippen molar-refractivity contribution >= 4 is 29.0 Å². The fraction of sp³-hybridized carbons (Fsp3) is 0.176. The smallest absolute Gasteiger partial charge is 0.266 e. The largest absolute Gasteiger partial charge is 0.321 e. The molecular formula is C17H16N2OS. The Morgan fingerprint density at radius 3 is 2.62 bits per heavy atom. The molecule has 0 saturated heterocycles. The van der Waals surface area contributed by atoms with Crippen molar-refractivity contribution in [3.8, 4) is 6.07 Å². The number of amides is 1. The Kier molecular flexibility index (Phi) is 4.56. The number of carbonyl (C=O) groups is 1. The Bertz CT molecular complexity index is 750. The number of nitrogens with zero attached hydrogens (tertiary/aromatic N) is 1. The molecule has 4 heteroatoms. The van der Waals surface area contributed by atoms with Gasteiger partial charge in [-0.1, -0.05) is 12.1 Å². The number of carbonyl (C=O) groups excluding carboxylic acids is 1. The van der Waals surface area contributed by atoms with E-state index in [1.54, 1.807) is 17.4 Å². The highest BCUT2D eigenvalue weighted by Gasteiger charge is 2.11. The van der Waals surface area contributed by atoms with Crippen LogP contribution in [0.1, 0.15) is 20.9 Å². The van der Waals surface area contributed by atoms with Gasteiger partial charge in [-0.2, -0.15) is 5.26 Å². The molecule has 0 saturated carbocycles. The molecule has 0 atom stereocenters. The molecule has 0 fully saturated rings. The standard InChI is InChI=1S/C17H16N2OS/c1-11-4-5-12(2)16(8-11)19-17(20)14(10-18)9-15-7-6-13(3)21-15/h4-9H,1-3H3,(H,19,20)/b14-9+. The van der Waals surface area contributed by atoms with Crippen LogP contribution < -0.4 is 5.32 Å². The topological polar surface area (TPSA) is 52.9 Å². The first-order chi connectivity index (χ1) is 9.99. The zero-order valence-electron chi connectivity index (χ0n) is 12.2. The van der Waals surface area contributed by atoms with Gasteiger partial charge in [-0.05, 0) is 56.2 Å². The van der Waals surface area contributed by atoms with Crippen molar-refractivity contribution in [1.82, 2.24) is 0 Å². The number of hydrogen-bond acceptors (Lipinski definition) is 3. The molecule has 1 heterocycles. The van der Waals surface area contributed by atoms with Crippen molar-refractivity contribution in [1.29, 1.82) is 5.26 Å². The highest BCUT2D eigenvalue weighted by Crippen LogP contribution is 2.20. The summed E-state index contributed by atoms with van der Waals surface area (Å²) in [5.74, 6) is -0.378. The van der Waals surface area contributed by atoms with Crippen LogP contribution in [0.25, 0.3) is 6.08 Å². The second-order valence-corrected chi connectivity index (χ2v) is 6.21. The normalized spacial score (nSPS) is 11.0. The van der Waals surface area contributed by atoms with E-state index in [1.807, 2.05) is 57.2 Å². The van der Waals surface area contributed by atoms with E-state index in [9.17, 15) is 10.1 Å². The first-order valence-corrected chi connectivity index (χ1v) is 7.38. The molecule has 1 aromatic carbocycles. The fourth-order valence-corrected chi connectivity index (χ4v) is 2.70. The predicted molar refractivity (Wildman–Crippen MR) is 87.2 cm³/mol. The second kappa shape index (κ2) is 6.38. The average molecular weight is 296 g/mol. The molecular weight excluding hydrogens is 280 g/mol. The van der Waals surface area contributed by atoms with Crippen molar-refractivity contribution in [2.75, 3.05) is 5.32 Å². The van der Waals surface area contributed by atoms with Crippen LogP contribution in [0.3, 0.4) is 0 Å². The molecule has 0 aliphatic rings. The molecule has 1 amide bonds. The Morgan fingerprint density at radius 1 is 1.24 bits per heavy atom. The third-order valence-electron chi connectivity index (χ3n) is 3.05. The summed E-state index contributed by atoms with van der Waals surface area (Å²) in [6, 6.07) is 11.7. The lowest BCUT2D eigenvalue weighted by molar-refractivity contribution is -0.112. The van der Waals surface area contributed by atoms with Crippen molar-refractivity contribution in [3.05, 3.63) is 56.8 Å². The van der Waals surface area contributed by atoms with Crippen molar-refractivity contribution < 1.29 is 4.79 Å². The summed E-state index contributed by atoms with van der Waals surface area (Å²) in [5, 5.41) is 12.0. The molecule has 3 nitrogen and oxygen atoms in total. The number of benzene rings is 1. The molecule has 2 rings (SSSR count). The van der Waals surface area contributed by atoms with Crippen LogP contribution in [0.2, 0.25) is 0 Å². The van der Waals surface area contributed by atoms with Crippen LogP contribution in [-0.2, 0) is 4.79 Å². The Balaban J connectivity index is 2.23. The molecule has 0 aliphatic carbocycles. The minimum absolute atomic E-state index is 0.109. The molecule has 0 unspecified atom stereocenters. The lowest BCUT2D eigenvalue weighted by Crippen LogP contribution is -2.14. The molecule has 1 aromatic heterocycles. The van der Waals surface area contributed by atoms with E-state index in [0.717, 1.165) is 26.6 Å².